The van der Waals surface area contributed by atoms with Crippen molar-refractivity contribution in [2.45, 2.75) is 38.6 Å². The zero-order valence-electron chi connectivity index (χ0n) is 16.9. The van der Waals surface area contributed by atoms with Crippen LogP contribution >= 0.6 is 11.3 Å². The van der Waals surface area contributed by atoms with Crippen LogP contribution in [0.15, 0.2) is 53.9 Å². The quantitative estimate of drug-likeness (QED) is 0.586. The fourth-order valence-electron chi connectivity index (χ4n) is 3.68. The molecule has 30 heavy (non-hydrogen) atoms. The Morgan fingerprint density at radius 1 is 1.10 bits per heavy atom. The van der Waals surface area contributed by atoms with E-state index < -0.39 is 5.97 Å². The Kier molecular flexibility index (Phi) is 6.23. The molecule has 3 aromatic rings. The summed E-state index contributed by atoms with van der Waals surface area (Å²) in [6.45, 7) is 1.61. The minimum absolute atomic E-state index is 0.146. The van der Waals surface area contributed by atoms with Crippen LogP contribution in [0, 0.1) is 0 Å². The number of carbonyl (C=O) groups is 2. The number of nitrogens with zero attached hydrogens (tertiary/aromatic N) is 1. The first-order chi connectivity index (χ1) is 14.6. The van der Waals surface area contributed by atoms with E-state index in [1.165, 1.54) is 35.3 Å². The van der Waals surface area contributed by atoms with E-state index in [0.717, 1.165) is 29.0 Å². The van der Waals surface area contributed by atoms with Gasteiger partial charge in [-0.25, -0.2) is 9.78 Å². The predicted molar refractivity (Wildman–Crippen MR) is 117 cm³/mol. The number of hydrogen-bond acceptors (Lipinski definition) is 5. The first kappa shape index (κ1) is 20.3. The molecule has 1 heterocycles. The first-order valence-electron chi connectivity index (χ1n) is 10.2. The van der Waals surface area contributed by atoms with Gasteiger partial charge in [0.05, 0.1) is 6.04 Å². The van der Waals surface area contributed by atoms with E-state index in [0.29, 0.717) is 0 Å². The van der Waals surface area contributed by atoms with Gasteiger partial charge in [0.1, 0.15) is 5.01 Å². The van der Waals surface area contributed by atoms with Crippen LogP contribution in [0.3, 0.4) is 0 Å². The average molecular weight is 421 g/mol. The van der Waals surface area contributed by atoms with Gasteiger partial charge in [-0.15, -0.1) is 11.3 Å². The zero-order valence-corrected chi connectivity index (χ0v) is 17.7. The summed E-state index contributed by atoms with van der Waals surface area (Å²) in [7, 11) is 0. The van der Waals surface area contributed by atoms with E-state index in [1.54, 1.807) is 5.38 Å². The van der Waals surface area contributed by atoms with Crippen LogP contribution in [0.4, 0.5) is 0 Å². The number of rotatable bonds is 6. The van der Waals surface area contributed by atoms with Crippen molar-refractivity contribution in [3.63, 3.8) is 0 Å². The lowest BCUT2D eigenvalue weighted by Crippen LogP contribution is -2.31. The highest BCUT2D eigenvalue weighted by Crippen LogP contribution is 2.25. The number of ether oxygens (including phenoxy) is 1. The average Bonchev–Trinajstić information content (AvgIpc) is 3.28. The first-order valence-corrected chi connectivity index (χ1v) is 11.1. The van der Waals surface area contributed by atoms with Crippen molar-refractivity contribution in [3.05, 3.63) is 76.3 Å². The summed E-state index contributed by atoms with van der Waals surface area (Å²) in [6, 6.07) is 15.9. The molecule has 1 N–H and O–H groups in total. The molecule has 154 valence electrons. The molecule has 0 saturated carbocycles. The molecule has 1 aromatic heterocycles. The third kappa shape index (κ3) is 4.76. The standard InChI is InChI=1S/C24H24N2O3S/c1-16(19-12-11-17-7-5-6-10-20(17)13-19)25-22(27)14-29-24(28)21-15-30-23(26-21)18-8-3-2-4-9-18/h2-4,8-9,11-13,15-16H,5-7,10,14H2,1H3,(H,25,27)/t16-/m1/s1. The van der Waals surface area contributed by atoms with Crippen LogP contribution in [0.5, 0.6) is 0 Å². The summed E-state index contributed by atoms with van der Waals surface area (Å²) in [4.78, 5) is 28.8. The fourth-order valence-corrected chi connectivity index (χ4v) is 4.47. The van der Waals surface area contributed by atoms with Gasteiger partial charge in [0.15, 0.2) is 12.3 Å². The number of thiazole rings is 1. The highest BCUT2D eigenvalue weighted by molar-refractivity contribution is 7.13. The molecule has 0 spiro atoms. The van der Waals surface area contributed by atoms with Gasteiger partial charge < -0.3 is 10.1 Å². The van der Waals surface area contributed by atoms with Gasteiger partial charge in [0, 0.05) is 10.9 Å². The number of hydrogen-bond donors (Lipinski definition) is 1. The number of carbonyl (C=O) groups excluding carboxylic acids is 2. The molecule has 0 radical (unpaired) electrons. The van der Waals surface area contributed by atoms with Gasteiger partial charge in [-0.3, -0.25) is 4.79 Å². The zero-order chi connectivity index (χ0) is 20.9. The van der Waals surface area contributed by atoms with Crippen molar-refractivity contribution in [1.82, 2.24) is 10.3 Å². The monoisotopic (exact) mass is 420 g/mol. The summed E-state index contributed by atoms with van der Waals surface area (Å²) in [5, 5.41) is 5.30. The van der Waals surface area contributed by atoms with Gasteiger partial charge in [-0.2, -0.15) is 0 Å². The summed E-state index contributed by atoms with van der Waals surface area (Å²) in [5.41, 5.74) is 5.02. The maximum Gasteiger partial charge on any atom is 0.358 e. The van der Waals surface area contributed by atoms with Crippen LogP contribution < -0.4 is 5.32 Å². The van der Waals surface area contributed by atoms with Crippen molar-refractivity contribution in [2.75, 3.05) is 6.61 Å². The SMILES string of the molecule is C[C@@H](NC(=O)COC(=O)c1csc(-c2ccccc2)n1)c1ccc2c(c1)CCCC2. The molecule has 0 aliphatic heterocycles. The van der Waals surface area contributed by atoms with Gasteiger partial charge in [0.2, 0.25) is 0 Å². The van der Waals surface area contributed by atoms with Crippen LogP contribution in [-0.4, -0.2) is 23.5 Å². The molecule has 0 unspecified atom stereocenters. The lowest BCUT2D eigenvalue weighted by atomic mass is 9.89. The number of esters is 1. The Morgan fingerprint density at radius 2 is 1.87 bits per heavy atom. The molecule has 1 aliphatic rings. The topological polar surface area (TPSA) is 68.3 Å². The van der Waals surface area contributed by atoms with Crippen molar-refractivity contribution in [1.29, 1.82) is 0 Å². The summed E-state index contributed by atoms with van der Waals surface area (Å²) in [5.74, 6) is -0.919. The number of benzene rings is 2. The molecule has 6 heteroatoms. The molecule has 0 bridgehead atoms. The highest BCUT2D eigenvalue weighted by Gasteiger charge is 2.17. The van der Waals surface area contributed by atoms with Crippen LogP contribution in [0.2, 0.25) is 0 Å². The molecule has 1 amide bonds. The Hall–Kier alpha value is -2.99. The van der Waals surface area contributed by atoms with Gasteiger partial charge in [-0.1, -0.05) is 48.5 Å². The molecule has 0 fully saturated rings. The molecule has 0 saturated heterocycles. The van der Waals surface area contributed by atoms with Gasteiger partial charge in [0.25, 0.3) is 5.91 Å². The molecule has 1 atom stereocenters. The third-order valence-electron chi connectivity index (χ3n) is 5.32. The molecular formula is C24H24N2O3S. The van der Waals surface area contributed by atoms with E-state index in [9.17, 15) is 9.59 Å². The Bertz CT molecular complexity index is 1050. The second-order valence-electron chi connectivity index (χ2n) is 7.50. The fraction of sp³-hybridized carbons (Fsp3) is 0.292. The number of fused-ring (bicyclic) bond motifs is 1. The minimum Gasteiger partial charge on any atom is -0.451 e. The van der Waals surface area contributed by atoms with Gasteiger partial charge >= 0.3 is 5.97 Å². The third-order valence-corrected chi connectivity index (χ3v) is 6.21. The van der Waals surface area contributed by atoms with Crippen LogP contribution in [0.25, 0.3) is 10.6 Å². The number of aromatic nitrogens is 1. The van der Waals surface area contributed by atoms with Crippen LogP contribution in [0.1, 0.15) is 53.0 Å². The Balaban J connectivity index is 1.30. The maximum atomic E-state index is 12.3. The number of amides is 1. The Labute approximate surface area is 180 Å². The Morgan fingerprint density at radius 3 is 2.67 bits per heavy atom. The van der Waals surface area contributed by atoms with E-state index >= 15 is 0 Å². The van der Waals surface area contributed by atoms with E-state index in [4.69, 9.17) is 4.74 Å². The second-order valence-corrected chi connectivity index (χ2v) is 8.36. The largest absolute Gasteiger partial charge is 0.451 e. The normalized spacial score (nSPS) is 13.9. The molecule has 1 aliphatic carbocycles. The molecule has 2 aromatic carbocycles. The lowest BCUT2D eigenvalue weighted by molar-refractivity contribution is -0.124. The lowest BCUT2D eigenvalue weighted by Gasteiger charge is -2.20. The molecule has 5 nitrogen and oxygen atoms in total. The molecule has 4 rings (SSSR count). The highest BCUT2D eigenvalue weighted by atomic mass is 32.1. The van der Waals surface area contributed by atoms with Crippen molar-refractivity contribution in [2.24, 2.45) is 0 Å². The van der Waals surface area contributed by atoms with Crippen molar-refractivity contribution < 1.29 is 14.3 Å². The van der Waals surface area contributed by atoms with Gasteiger partial charge in [-0.05, 0) is 49.3 Å². The second kappa shape index (κ2) is 9.22. The smallest absolute Gasteiger partial charge is 0.358 e. The maximum absolute atomic E-state index is 12.3. The van der Waals surface area contributed by atoms with Crippen LogP contribution in [-0.2, 0) is 22.4 Å². The summed E-state index contributed by atoms with van der Waals surface area (Å²) in [6.07, 6.45) is 4.69. The van der Waals surface area contributed by atoms with Crippen molar-refractivity contribution >= 4 is 23.2 Å². The predicted octanol–water partition coefficient (Wildman–Crippen LogP) is 4.72. The number of aryl methyl sites for hydroxylation is 2. The minimum atomic E-state index is -0.593. The molecular weight excluding hydrogens is 396 g/mol. The van der Waals surface area contributed by atoms with E-state index in [-0.39, 0.29) is 24.2 Å². The number of nitrogens with one attached hydrogen (secondary N) is 1. The van der Waals surface area contributed by atoms with E-state index in [2.05, 4.69) is 28.5 Å². The van der Waals surface area contributed by atoms with Crippen molar-refractivity contribution in [3.8, 4) is 10.6 Å². The summed E-state index contributed by atoms with van der Waals surface area (Å²) >= 11 is 1.37. The van der Waals surface area contributed by atoms with E-state index in [1.807, 2.05) is 37.3 Å². The summed E-state index contributed by atoms with van der Waals surface area (Å²) < 4.78 is 5.16.